The number of carboxylic acids is 2. The van der Waals surface area contributed by atoms with Crippen molar-refractivity contribution in [3.63, 3.8) is 0 Å². The van der Waals surface area contributed by atoms with Gasteiger partial charge in [-0.2, -0.15) is 0 Å². The summed E-state index contributed by atoms with van der Waals surface area (Å²) in [5.74, 6) is 0.0734. The molecule has 5 N–H and O–H groups in total. The standard InChI is InChI=1S/C31H34N2O5/c1-2-23-12-8-5-9-17-31(18-15-28(34)35,19-16-29(36)37)26-21-24(13-14-25(23)26)33-30(38)27(32)20-22-10-6-3-4-7-11-22/h1,3,5-14,21,23,27H,4,15-20,32H2,(H,33,38)(H,34,35)(H,36,37)/b9-5-,12-8-. The van der Waals surface area contributed by atoms with Crippen LogP contribution in [0, 0.1) is 12.3 Å². The van der Waals surface area contributed by atoms with Gasteiger partial charge in [-0.15, -0.1) is 6.42 Å². The first-order valence-corrected chi connectivity index (χ1v) is 12.7. The monoisotopic (exact) mass is 514 g/mol. The van der Waals surface area contributed by atoms with Gasteiger partial charge in [0.15, 0.2) is 0 Å². The summed E-state index contributed by atoms with van der Waals surface area (Å²) in [6, 6.07) is 4.60. The highest BCUT2D eigenvalue weighted by molar-refractivity contribution is 5.95. The van der Waals surface area contributed by atoms with Gasteiger partial charge in [0, 0.05) is 23.9 Å². The van der Waals surface area contributed by atoms with E-state index in [-0.39, 0.29) is 31.6 Å². The number of nitrogens with one attached hydrogen (secondary N) is 1. The molecule has 0 heterocycles. The predicted octanol–water partition coefficient (Wildman–Crippen LogP) is 4.99. The number of hydrogen-bond acceptors (Lipinski definition) is 4. The summed E-state index contributed by atoms with van der Waals surface area (Å²) in [7, 11) is 0. The van der Waals surface area contributed by atoms with Gasteiger partial charge in [0.25, 0.3) is 0 Å². The summed E-state index contributed by atoms with van der Waals surface area (Å²) in [5.41, 5.74) is 8.38. The first kappa shape index (κ1) is 28.4. The highest BCUT2D eigenvalue weighted by Crippen LogP contribution is 2.44. The highest BCUT2D eigenvalue weighted by atomic mass is 16.4. The van der Waals surface area contributed by atoms with Crippen LogP contribution in [-0.4, -0.2) is 34.1 Å². The minimum Gasteiger partial charge on any atom is -0.481 e. The molecule has 1 amide bonds. The molecule has 1 aromatic carbocycles. The molecule has 7 nitrogen and oxygen atoms in total. The molecule has 0 fully saturated rings. The fourth-order valence-electron chi connectivity index (χ4n) is 4.90. The van der Waals surface area contributed by atoms with Gasteiger partial charge in [0.2, 0.25) is 5.91 Å². The van der Waals surface area contributed by atoms with E-state index in [1.807, 2.05) is 60.8 Å². The molecule has 2 atom stereocenters. The maximum Gasteiger partial charge on any atom is 0.303 e. The summed E-state index contributed by atoms with van der Waals surface area (Å²) >= 11 is 0. The maximum atomic E-state index is 13.0. The van der Waals surface area contributed by atoms with Gasteiger partial charge >= 0.3 is 11.9 Å². The van der Waals surface area contributed by atoms with Crippen molar-refractivity contribution in [3.05, 3.63) is 89.6 Å². The van der Waals surface area contributed by atoms with E-state index in [0.717, 1.165) is 23.1 Å². The van der Waals surface area contributed by atoms with Crippen LogP contribution in [0.3, 0.4) is 0 Å². The molecule has 1 aromatic rings. The summed E-state index contributed by atoms with van der Waals surface area (Å²) in [4.78, 5) is 36.2. The first-order chi connectivity index (χ1) is 18.2. The van der Waals surface area contributed by atoms with E-state index < -0.39 is 29.3 Å². The van der Waals surface area contributed by atoms with Gasteiger partial charge in [-0.3, -0.25) is 14.4 Å². The van der Waals surface area contributed by atoms with Crippen LogP contribution in [-0.2, 0) is 19.8 Å². The van der Waals surface area contributed by atoms with E-state index in [2.05, 4.69) is 11.2 Å². The van der Waals surface area contributed by atoms with Gasteiger partial charge in [-0.05, 0) is 60.9 Å². The average Bonchev–Trinajstić information content (AvgIpc) is 3.12. The molecule has 38 heavy (non-hydrogen) atoms. The summed E-state index contributed by atoms with van der Waals surface area (Å²) < 4.78 is 0. The number of amides is 1. The summed E-state index contributed by atoms with van der Waals surface area (Å²) in [6.07, 6.45) is 25.0. The Morgan fingerprint density at radius 2 is 1.82 bits per heavy atom. The topological polar surface area (TPSA) is 130 Å². The molecule has 2 unspecified atom stereocenters. The molecule has 7 heteroatoms. The Morgan fingerprint density at radius 3 is 2.50 bits per heavy atom. The number of terminal acetylenes is 1. The van der Waals surface area contributed by atoms with Gasteiger partial charge in [0.1, 0.15) is 0 Å². The first-order valence-electron chi connectivity index (χ1n) is 12.7. The third-order valence-electron chi connectivity index (χ3n) is 6.94. The lowest BCUT2D eigenvalue weighted by Crippen LogP contribution is -2.36. The fraction of sp³-hybridized carbons (Fsp3) is 0.323. The Hall–Kier alpha value is -4.15. The van der Waals surface area contributed by atoms with E-state index in [0.29, 0.717) is 18.5 Å². The van der Waals surface area contributed by atoms with E-state index in [4.69, 9.17) is 12.2 Å². The van der Waals surface area contributed by atoms with Crippen molar-refractivity contribution in [1.82, 2.24) is 0 Å². The molecule has 0 spiro atoms. The minimum atomic E-state index is -0.969. The number of anilines is 1. The smallest absolute Gasteiger partial charge is 0.303 e. The number of fused-ring (bicyclic) bond motifs is 1. The normalized spacial score (nSPS) is 20.2. The molecule has 0 aromatic heterocycles. The molecule has 0 saturated carbocycles. The van der Waals surface area contributed by atoms with E-state index >= 15 is 0 Å². The SMILES string of the molecule is C#CC1/C=C\C=C/CC(CCC(=O)O)(CCC(=O)O)c2cc(NC(=O)C(N)CC3=CC=CCC=C3)ccc21. The number of allylic oxidation sites excluding steroid dienone is 9. The minimum absolute atomic E-state index is 0.139. The predicted molar refractivity (Wildman–Crippen MR) is 149 cm³/mol. The van der Waals surface area contributed by atoms with Gasteiger partial charge in [0.05, 0.1) is 12.0 Å². The lowest BCUT2D eigenvalue weighted by Gasteiger charge is -2.36. The largest absolute Gasteiger partial charge is 0.481 e. The Bertz CT molecular complexity index is 1230. The second-order valence-electron chi connectivity index (χ2n) is 9.64. The quantitative estimate of drug-likeness (QED) is 0.326. The van der Waals surface area contributed by atoms with E-state index in [9.17, 15) is 24.6 Å². The Morgan fingerprint density at radius 1 is 1.08 bits per heavy atom. The zero-order valence-corrected chi connectivity index (χ0v) is 21.3. The van der Waals surface area contributed by atoms with Crippen LogP contribution >= 0.6 is 0 Å². The average molecular weight is 515 g/mol. The van der Waals surface area contributed by atoms with Gasteiger partial charge in [-0.1, -0.05) is 66.7 Å². The molecule has 0 radical (unpaired) electrons. The number of carbonyl (C=O) groups excluding carboxylic acids is 1. The molecule has 0 aliphatic heterocycles. The van der Waals surface area contributed by atoms with Crippen LogP contribution in [0.1, 0.15) is 62.0 Å². The molecule has 2 aliphatic rings. The van der Waals surface area contributed by atoms with Gasteiger partial charge < -0.3 is 21.3 Å². The Kier molecular flexibility index (Phi) is 10.0. The summed E-state index contributed by atoms with van der Waals surface area (Å²) in [6.45, 7) is 0. The van der Waals surface area contributed by atoms with E-state index in [1.54, 1.807) is 12.1 Å². The molecule has 0 saturated heterocycles. The lowest BCUT2D eigenvalue weighted by atomic mass is 9.68. The number of carboxylic acid groups (broad SMARTS) is 2. The van der Waals surface area contributed by atoms with E-state index in [1.165, 1.54) is 0 Å². The zero-order chi connectivity index (χ0) is 27.5. The van der Waals surface area contributed by atoms with Crippen molar-refractivity contribution in [2.45, 2.75) is 62.3 Å². The number of nitrogens with two attached hydrogens (primary N) is 1. The molecular weight excluding hydrogens is 480 g/mol. The van der Waals surface area contributed by atoms with Crippen molar-refractivity contribution in [3.8, 4) is 12.3 Å². The molecule has 0 bridgehead atoms. The second kappa shape index (κ2) is 13.4. The Balaban J connectivity index is 2.00. The molecule has 2 aliphatic carbocycles. The van der Waals surface area contributed by atoms with Crippen molar-refractivity contribution in [1.29, 1.82) is 0 Å². The van der Waals surface area contributed by atoms with Crippen molar-refractivity contribution in [2.75, 3.05) is 5.32 Å². The van der Waals surface area contributed by atoms with Gasteiger partial charge in [-0.25, -0.2) is 0 Å². The van der Waals surface area contributed by atoms with Crippen LogP contribution < -0.4 is 11.1 Å². The van der Waals surface area contributed by atoms with Crippen LogP contribution in [0.4, 0.5) is 5.69 Å². The highest BCUT2D eigenvalue weighted by Gasteiger charge is 2.36. The number of rotatable bonds is 10. The molecule has 198 valence electrons. The number of hydrogen-bond donors (Lipinski definition) is 4. The van der Waals surface area contributed by atoms with Crippen LogP contribution in [0.5, 0.6) is 0 Å². The summed E-state index contributed by atoms with van der Waals surface area (Å²) in [5, 5.41) is 21.9. The van der Waals surface area contributed by atoms with Crippen LogP contribution in [0.25, 0.3) is 0 Å². The third-order valence-corrected chi connectivity index (χ3v) is 6.94. The van der Waals surface area contributed by atoms with Crippen molar-refractivity contribution in [2.24, 2.45) is 5.73 Å². The third kappa shape index (κ3) is 7.67. The van der Waals surface area contributed by atoms with Crippen molar-refractivity contribution < 1.29 is 24.6 Å². The van der Waals surface area contributed by atoms with Crippen LogP contribution in [0.2, 0.25) is 0 Å². The Labute approximate surface area is 223 Å². The lowest BCUT2D eigenvalue weighted by molar-refractivity contribution is -0.137. The van der Waals surface area contributed by atoms with Crippen LogP contribution in [0.15, 0.2) is 78.5 Å². The molecule has 3 rings (SSSR count). The maximum absolute atomic E-state index is 13.0. The fourth-order valence-corrected chi connectivity index (χ4v) is 4.90. The number of carbonyl (C=O) groups is 3. The zero-order valence-electron chi connectivity index (χ0n) is 21.3. The number of benzene rings is 1. The number of aliphatic carboxylic acids is 2. The van der Waals surface area contributed by atoms with Crippen molar-refractivity contribution >= 4 is 23.5 Å². The molecular formula is C31H34N2O5. The second-order valence-corrected chi connectivity index (χ2v) is 9.64.